The van der Waals surface area contributed by atoms with E-state index < -0.39 is 9.84 Å². The summed E-state index contributed by atoms with van der Waals surface area (Å²) in [4.78, 5) is 1.97. The second-order valence-corrected chi connectivity index (χ2v) is 7.56. The van der Waals surface area contributed by atoms with Gasteiger partial charge in [0.25, 0.3) is 0 Å². The summed E-state index contributed by atoms with van der Waals surface area (Å²) < 4.78 is 22.4. The third-order valence-electron chi connectivity index (χ3n) is 3.16. The highest BCUT2D eigenvalue weighted by Gasteiger charge is 2.18. The molecule has 1 rings (SSSR count). The highest BCUT2D eigenvalue weighted by atomic mass is 35.5. The van der Waals surface area contributed by atoms with E-state index in [0.29, 0.717) is 18.1 Å². The second kappa shape index (κ2) is 6.70. The SMILES string of the molecule is Cc1cc(Cl)ccc1C(CN)N(C)CCS(C)(=O)=O. The van der Waals surface area contributed by atoms with Crippen LogP contribution in [0.3, 0.4) is 0 Å². The van der Waals surface area contributed by atoms with E-state index in [1.165, 1.54) is 6.26 Å². The van der Waals surface area contributed by atoms with E-state index in [1.54, 1.807) is 0 Å². The number of nitrogens with two attached hydrogens (primary N) is 1. The molecule has 0 aliphatic heterocycles. The molecule has 0 aromatic heterocycles. The van der Waals surface area contributed by atoms with Crippen LogP contribution in [0.25, 0.3) is 0 Å². The smallest absolute Gasteiger partial charge is 0.148 e. The van der Waals surface area contributed by atoms with Crippen LogP contribution in [0.15, 0.2) is 18.2 Å². The first-order valence-electron chi connectivity index (χ1n) is 6.08. The summed E-state index contributed by atoms with van der Waals surface area (Å²) in [7, 11) is -1.08. The molecule has 0 aliphatic rings. The summed E-state index contributed by atoms with van der Waals surface area (Å²) >= 11 is 5.94. The van der Waals surface area contributed by atoms with Gasteiger partial charge in [0.05, 0.1) is 5.75 Å². The van der Waals surface area contributed by atoms with Gasteiger partial charge < -0.3 is 5.73 Å². The maximum atomic E-state index is 11.2. The molecule has 2 N–H and O–H groups in total. The van der Waals surface area contributed by atoms with E-state index in [2.05, 4.69) is 0 Å². The minimum absolute atomic E-state index is 0.000910. The van der Waals surface area contributed by atoms with Gasteiger partial charge in [0, 0.05) is 30.4 Å². The van der Waals surface area contributed by atoms with Gasteiger partial charge in [0.15, 0.2) is 0 Å². The molecule has 0 spiro atoms. The van der Waals surface area contributed by atoms with Gasteiger partial charge in [0.2, 0.25) is 0 Å². The summed E-state index contributed by atoms with van der Waals surface area (Å²) in [5.41, 5.74) is 7.98. The van der Waals surface area contributed by atoms with Crippen LogP contribution < -0.4 is 5.73 Å². The van der Waals surface area contributed by atoms with Crippen molar-refractivity contribution in [3.63, 3.8) is 0 Å². The lowest BCUT2D eigenvalue weighted by Crippen LogP contribution is -2.34. The molecule has 0 aliphatic carbocycles. The lowest BCUT2D eigenvalue weighted by atomic mass is 10.0. The van der Waals surface area contributed by atoms with Gasteiger partial charge in [-0.1, -0.05) is 17.7 Å². The Bertz CT molecular complexity index is 531. The lowest BCUT2D eigenvalue weighted by molar-refractivity contribution is 0.263. The first kappa shape index (κ1) is 16.4. The molecule has 1 aromatic carbocycles. The number of aryl methyl sites for hydroxylation is 1. The number of hydrogen-bond acceptors (Lipinski definition) is 4. The third-order valence-corrected chi connectivity index (χ3v) is 4.32. The molecule has 19 heavy (non-hydrogen) atoms. The fraction of sp³-hybridized carbons (Fsp3) is 0.538. The van der Waals surface area contributed by atoms with Gasteiger partial charge in [-0.05, 0) is 37.2 Å². The van der Waals surface area contributed by atoms with Crippen LogP contribution in [-0.4, -0.2) is 45.5 Å². The average molecular weight is 305 g/mol. The Morgan fingerprint density at radius 1 is 1.42 bits per heavy atom. The Balaban J connectivity index is 2.87. The van der Waals surface area contributed by atoms with Gasteiger partial charge in [-0.3, -0.25) is 4.90 Å². The monoisotopic (exact) mass is 304 g/mol. The lowest BCUT2D eigenvalue weighted by Gasteiger charge is -2.28. The van der Waals surface area contributed by atoms with Crippen LogP contribution in [-0.2, 0) is 9.84 Å². The maximum absolute atomic E-state index is 11.2. The number of hydrogen-bond donors (Lipinski definition) is 1. The minimum atomic E-state index is -2.96. The van der Waals surface area contributed by atoms with Crippen LogP contribution in [0.5, 0.6) is 0 Å². The fourth-order valence-corrected chi connectivity index (χ4v) is 2.87. The third kappa shape index (κ3) is 5.10. The van der Waals surface area contributed by atoms with E-state index >= 15 is 0 Å². The molecule has 1 unspecified atom stereocenters. The van der Waals surface area contributed by atoms with Crippen molar-refractivity contribution in [1.29, 1.82) is 0 Å². The molecular weight excluding hydrogens is 284 g/mol. The zero-order valence-corrected chi connectivity index (χ0v) is 13.1. The van der Waals surface area contributed by atoms with E-state index in [1.807, 2.05) is 37.1 Å². The Labute approximate surface area is 120 Å². The molecule has 0 heterocycles. The number of likely N-dealkylation sites (N-methyl/N-ethyl adjacent to an activating group) is 1. The molecule has 0 radical (unpaired) electrons. The van der Waals surface area contributed by atoms with Crippen LogP contribution in [0.4, 0.5) is 0 Å². The average Bonchev–Trinajstić information content (AvgIpc) is 2.29. The summed E-state index contributed by atoms with van der Waals surface area (Å²) in [6.45, 7) is 2.87. The Morgan fingerprint density at radius 2 is 2.05 bits per heavy atom. The first-order chi connectivity index (χ1) is 8.74. The fourth-order valence-electron chi connectivity index (χ4n) is 2.02. The van der Waals surface area contributed by atoms with E-state index in [9.17, 15) is 8.42 Å². The normalized spacial score (nSPS) is 13.8. The van der Waals surface area contributed by atoms with Crippen molar-refractivity contribution >= 4 is 21.4 Å². The standard InChI is InChI=1S/C13H21ClN2O2S/c1-10-8-11(14)4-5-12(10)13(9-15)16(2)6-7-19(3,17)18/h4-5,8,13H,6-7,9,15H2,1-3H3. The quantitative estimate of drug-likeness (QED) is 0.867. The Hall–Kier alpha value is -0.620. The molecule has 0 bridgehead atoms. The molecule has 0 saturated heterocycles. The highest BCUT2D eigenvalue weighted by Crippen LogP contribution is 2.24. The van der Waals surface area contributed by atoms with Gasteiger partial charge in [-0.2, -0.15) is 0 Å². The highest BCUT2D eigenvalue weighted by molar-refractivity contribution is 7.90. The van der Waals surface area contributed by atoms with Crippen LogP contribution in [0, 0.1) is 6.92 Å². The molecule has 0 amide bonds. The van der Waals surface area contributed by atoms with E-state index in [4.69, 9.17) is 17.3 Å². The van der Waals surface area contributed by atoms with Crippen molar-refractivity contribution in [2.24, 2.45) is 5.73 Å². The predicted molar refractivity (Wildman–Crippen MR) is 80.3 cm³/mol. The zero-order valence-electron chi connectivity index (χ0n) is 11.6. The van der Waals surface area contributed by atoms with Crippen LogP contribution in [0.1, 0.15) is 17.2 Å². The molecular formula is C13H21ClN2O2S. The Kier molecular flexibility index (Phi) is 5.80. The molecule has 6 heteroatoms. The van der Waals surface area contributed by atoms with Gasteiger partial charge >= 0.3 is 0 Å². The molecule has 0 fully saturated rings. The largest absolute Gasteiger partial charge is 0.329 e. The first-order valence-corrected chi connectivity index (χ1v) is 8.52. The van der Waals surface area contributed by atoms with Gasteiger partial charge in [-0.15, -0.1) is 0 Å². The minimum Gasteiger partial charge on any atom is -0.329 e. The summed E-state index contributed by atoms with van der Waals surface area (Å²) in [5.74, 6) is 0.132. The van der Waals surface area contributed by atoms with Crippen molar-refractivity contribution < 1.29 is 8.42 Å². The van der Waals surface area contributed by atoms with Crippen LogP contribution >= 0.6 is 11.6 Å². The number of halogens is 1. The number of rotatable bonds is 6. The van der Waals surface area contributed by atoms with Gasteiger partial charge in [-0.25, -0.2) is 8.42 Å². The van der Waals surface area contributed by atoms with Crippen molar-refractivity contribution in [2.45, 2.75) is 13.0 Å². The van der Waals surface area contributed by atoms with E-state index in [0.717, 1.165) is 11.1 Å². The van der Waals surface area contributed by atoms with Crippen molar-refractivity contribution in [3.8, 4) is 0 Å². The van der Waals surface area contributed by atoms with Crippen molar-refractivity contribution in [2.75, 3.05) is 32.1 Å². The summed E-state index contributed by atoms with van der Waals surface area (Å²) in [6, 6.07) is 5.67. The Morgan fingerprint density at radius 3 is 2.53 bits per heavy atom. The van der Waals surface area contributed by atoms with Gasteiger partial charge in [0.1, 0.15) is 9.84 Å². The molecule has 108 valence electrons. The van der Waals surface area contributed by atoms with Crippen LogP contribution in [0.2, 0.25) is 5.02 Å². The number of sulfone groups is 1. The molecule has 1 aromatic rings. The number of benzene rings is 1. The maximum Gasteiger partial charge on any atom is 0.148 e. The zero-order chi connectivity index (χ0) is 14.6. The second-order valence-electron chi connectivity index (χ2n) is 4.86. The van der Waals surface area contributed by atoms with E-state index in [-0.39, 0.29) is 11.8 Å². The summed E-state index contributed by atoms with van der Waals surface area (Å²) in [6.07, 6.45) is 1.24. The molecule has 1 atom stereocenters. The van der Waals surface area contributed by atoms with Crippen molar-refractivity contribution in [3.05, 3.63) is 34.3 Å². The summed E-state index contributed by atoms with van der Waals surface area (Å²) in [5, 5.41) is 0.691. The molecule has 0 saturated carbocycles. The predicted octanol–water partition coefficient (Wildman–Crippen LogP) is 1.62. The molecule has 4 nitrogen and oxygen atoms in total. The topological polar surface area (TPSA) is 63.4 Å². The van der Waals surface area contributed by atoms with Crippen molar-refractivity contribution in [1.82, 2.24) is 4.90 Å². The number of nitrogens with zero attached hydrogens (tertiary/aromatic N) is 1.